The molecule has 0 aliphatic heterocycles. The van der Waals surface area contributed by atoms with Crippen LogP contribution in [0.1, 0.15) is 69.8 Å². The molecule has 1 aromatic rings. The van der Waals surface area contributed by atoms with E-state index in [9.17, 15) is 14.7 Å². The van der Waals surface area contributed by atoms with Crippen molar-refractivity contribution < 1.29 is 14.7 Å². The molecule has 2 amide bonds. The molecular weight excluding hydrogens is 340 g/mol. The summed E-state index contributed by atoms with van der Waals surface area (Å²) in [6.45, 7) is 0. The Bertz CT molecular complexity index is 589. The lowest BCUT2D eigenvalue weighted by Crippen LogP contribution is -2.56. The number of benzene rings is 1. The van der Waals surface area contributed by atoms with Gasteiger partial charge < -0.3 is 15.3 Å². The number of urea groups is 1. The fraction of sp³-hybridized carbons (Fsp3) is 0.636. The van der Waals surface area contributed by atoms with Crippen LogP contribution in [0.25, 0.3) is 0 Å². The molecule has 0 saturated heterocycles. The normalized spacial score (nSPS) is 20.0. The Morgan fingerprint density at radius 2 is 1.44 bits per heavy atom. The maximum absolute atomic E-state index is 13.2. The molecule has 0 aromatic heterocycles. The Morgan fingerprint density at radius 3 is 1.93 bits per heavy atom. The molecule has 5 nitrogen and oxygen atoms in total. The maximum Gasteiger partial charge on any atom is 0.326 e. The van der Waals surface area contributed by atoms with Crippen molar-refractivity contribution in [1.82, 2.24) is 10.2 Å². The number of nitrogens with zero attached hydrogens (tertiary/aromatic N) is 1. The fourth-order valence-corrected chi connectivity index (χ4v) is 4.62. The van der Waals surface area contributed by atoms with Gasteiger partial charge in [0.15, 0.2) is 0 Å². The first-order valence-corrected chi connectivity index (χ1v) is 10.5. The molecule has 0 bridgehead atoms. The summed E-state index contributed by atoms with van der Waals surface area (Å²) < 4.78 is 0. The molecular formula is C22H32N2O3. The summed E-state index contributed by atoms with van der Waals surface area (Å²) in [5, 5.41) is 12.5. The summed E-state index contributed by atoms with van der Waals surface area (Å²) in [7, 11) is 0. The summed E-state index contributed by atoms with van der Waals surface area (Å²) in [6.07, 6.45) is 11.6. The summed E-state index contributed by atoms with van der Waals surface area (Å²) in [4.78, 5) is 27.0. The van der Waals surface area contributed by atoms with Gasteiger partial charge in [0.05, 0.1) is 0 Å². The first-order chi connectivity index (χ1) is 13.1. The lowest BCUT2D eigenvalue weighted by Gasteiger charge is -2.42. The Labute approximate surface area is 162 Å². The minimum absolute atomic E-state index is 0.183. The highest BCUT2D eigenvalue weighted by atomic mass is 16.4. The van der Waals surface area contributed by atoms with Gasteiger partial charge in [0.2, 0.25) is 0 Å². The van der Waals surface area contributed by atoms with E-state index in [0.717, 1.165) is 56.9 Å². The van der Waals surface area contributed by atoms with E-state index in [0.29, 0.717) is 6.42 Å². The minimum Gasteiger partial charge on any atom is -0.480 e. The zero-order valence-corrected chi connectivity index (χ0v) is 16.1. The molecule has 1 aromatic carbocycles. The van der Waals surface area contributed by atoms with Gasteiger partial charge in [-0.2, -0.15) is 0 Å². The summed E-state index contributed by atoms with van der Waals surface area (Å²) in [6, 6.07) is 8.95. The Kier molecular flexibility index (Phi) is 7.13. The van der Waals surface area contributed by atoms with Crippen molar-refractivity contribution in [2.75, 3.05) is 0 Å². The van der Waals surface area contributed by atoms with Gasteiger partial charge in [-0.3, -0.25) is 0 Å². The van der Waals surface area contributed by atoms with Gasteiger partial charge in [-0.25, -0.2) is 9.59 Å². The summed E-state index contributed by atoms with van der Waals surface area (Å²) in [5.74, 6) is -0.973. The molecule has 0 spiro atoms. The van der Waals surface area contributed by atoms with Gasteiger partial charge in [0.1, 0.15) is 6.04 Å². The predicted molar refractivity (Wildman–Crippen MR) is 106 cm³/mol. The van der Waals surface area contributed by atoms with Gasteiger partial charge in [-0.1, -0.05) is 68.9 Å². The van der Waals surface area contributed by atoms with Crippen LogP contribution in [-0.4, -0.2) is 40.1 Å². The van der Waals surface area contributed by atoms with E-state index in [1.807, 2.05) is 35.2 Å². The van der Waals surface area contributed by atoms with Gasteiger partial charge in [-0.05, 0) is 31.2 Å². The Hall–Kier alpha value is -2.04. The van der Waals surface area contributed by atoms with Gasteiger partial charge in [0.25, 0.3) is 0 Å². The average Bonchev–Trinajstić information content (AvgIpc) is 2.70. The van der Waals surface area contributed by atoms with Crippen LogP contribution in [0.15, 0.2) is 30.3 Å². The van der Waals surface area contributed by atoms with Crippen LogP contribution in [0.2, 0.25) is 0 Å². The molecule has 3 rings (SSSR count). The molecule has 0 heterocycles. The zero-order valence-electron chi connectivity index (χ0n) is 16.1. The third-order valence-corrected chi connectivity index (χ3v) is 6.05. The first-order valence-electron chi connectivity index (χ1n) is 10.5. The highest BCUT2D eigenvalue weighted by Gasteiger charge is 2.34. The van der Waals surface area contributed by atoms with Crippen LogP contribution >= 0.6 is 0 Å². The molecule has 148 valence electrons. The number of amides is 2. The number of rotatable bonds is 6. The number of carbonyl (C=O) groups is 2. The second-order valence-electron chi connectivity index (χ2n) is 8.02. The third kappa shape index (κ3) is 5.47. The molecule has 1 unspecified atom stereocenters. The summed E-state index contributed by atoms with van der Waals surface area (Å²) >= 11 is 0. The second kappa shape index (κ2) is 9.77. The highest BCUT2D eigenvalue weighted by Crippen LogP contribution is 2.30. The Balaban J connectivity index is 1.71. The molecule has 2 aliphatic carbocycles. The number of hydrogen-bond donors (Lipinski definition) is 2. The quantitative estimate of drug-likeness (QED) is 0.779. The van der Waals surface area contributed by atoms with Crippen molar-refractivity contribution in [2.24, 2.45) is 0 Å². The van der Waals surface area contributed by atoms with Crippen LogP contribution < -0.4 is 5.32 Å². The topological polar surface area (TPSA) is 69.6 Å². The Morgan fingerprint density at radius 1 is 0.926 bits per heavy atom. The van der Waals surface area contributed by atoms with E-state index in [1.54, 1.807) is 0 Å². The molecule has 2 aliphatic rings. The summed E-state index contributed by atoms with van der Waals surface area (Å²) in [5.41, 5.74) is 0.923. The molecule has 2 saturated carbocycles. The van der Waals surface area contributed by atoms with E-state index in [4.69, 9.17) is 0 Å². The van der Waals surface area contributed by atoms with Crippen LogP contribution in [0.3, 0.4) is 0 Å². The smallest absolute Gasteiger partial charge is 0.326 e. The molecule has 0 radical (unpaired) electrons. The van der Waals surface area contributed by atoms with Crippen LogP contribution in [0.4, 0.5) is 4.79 Å². The molecule has 5 heteroatoms. The average molecular weight is 373 g/mol. The molecule has 27 heavy (non-hydrogen) atoms. The molecule has 1 atom stereocenters. The SMILES string of the molecule is O=C(O)C(Cc1ccccc1)NC(=O)N(C1CCCCC1)C1CCCCC1. The van der Waals surface area contributed by atoms with Crippen LogP contribution in [-0.2, 0) is 11.2 Å². The lowest BCUT2D eigenvalue weighted by atomic mass is 9.89. The standard InChI is InChI=1S/C22H32N2O3/c25-21(26)20(16-17-10-4-1-5-11-17)23-22(27)24(18-12-6-2-7-13-18)19-14-8-3-9-15-19/h1,4-5,10-11,18-20H,2-3,6-9,12-16H2,(H,23,27)(H,25,26). The van der Waals surface area contributed by atoms with Crippen molar-refractivity contribution in [2.45, 2.75) is 88.8 Å². The predicted octanol–water partition coefficient (Wildman–Crippen LogP) is 4.36. The fourth-order valence-electron chi connectivity index (χ4n) is 4.62. The van der Waals surface area contributed by atoms with Crippen molar-refractivity contribution in [1.29, 1.82) is 0 Å². The third-order valence-electron chi connectivity index (χ3n) is 6.05. The number of hydrogen-bond acceptors (Lipinski definition) is 2. The molecule has 2 fully saturated rings. The second-order valence-corrected chi connectivity index (χ2v) is 8.02. The van der Waals surface area contributed by atoms with E-state index in [1.165, 1.54) is 12.8 Å². The van der Waals surface area contributed by atoms with Gasteiger partial charge in [-0.15, -0.1) is 0 Å². The van der Waals surface area contributed by atoms with Crippen molar-refractivity contribution in [3.8, 4) is 0 Å². The van der Waals surface area contributed by atoms with Crippen LogP contribution in [0.5, 0.6) is 0 Å². The number of nitrogens with one attached hydrogen (secondary N) is 1. The zero-order chi connectivity index (χ0) is 19.1. The van der Waals surface area contributed by atoms with Crippen LogP contribution in [0, 0.1) is 0 Å². The van der Waals surface area contributed by atoms with Crippen molar-refractivity contribution in [3.05, 3.63) is 35.9 Å². The minimum atomic E-state index is -0.973. The van der Waals surface area contributed by atoms with Gasteiger partial charge >= 0.3 is 12.0 Å². The van der Waals surface area contributed by atoms with E-state index < -0.39 is 12.0 Å². The van der Waals surface area contributed by atoms with Gasteiger partial charge in [0, 0.05) is 18.5 Å². The lowest BCUT2D eigenvalue weighted by molar-refractivity contribution is -0.139. The van der Waals surface area contributed by atoms with E-state index in [-0.39, 0.29) is 18.1 Å². The van der Waals surface area contributed by atoms with Crippen molar-refractivity contribution in [3.63, 3.8) is 0 Å². The monoisotopic (exact) mass is 372 g/mol. The van der Waals surface area contributed by atoms with E-state index >= 15 is 0 Å². The largest absolute Gasteiger partial charge is 0.480 e. The number of aliphatic carboxylic acids is 1. The number of carbonyl (C=O) groups excluding carboxylic acids is 1. The first kappa shape index (κ1) is 19.7. The highest BCUT2D eigenvalue weighted by molar-refractivity contribution is 5.83. The molecule has 2 N–H and O–H groups in total. The van der Waals surface area contributed by atoms with Crippen molar-refractivity contribution >= 4 is 12.0 Å². The van der Waals surface area contributed by atoms with E-state index in [2.05, 4.69) is 5.32 Å². The maximum atomic E-state index is 13.2. The number of carboxylic acids is 1. The number of carboxylic acid groups (broad SMARTS) is 1.